The van der Waals surface area contributed by atoms with Gasteiger partial charge in [-0.15, -0.1) is 0 Å². The van der Waals surface area contributed by atoms with E-state index in [1.165, 1.54) is 127 Å². The Morgan fingerprint density at radius 1 is 0.803 bits per heavy atom. The summed E-state index contributed by atoms with van der Waals surface area (Å²) in [5.74, 6) is 0.423. The summed E-state index contributed by atoms with van der Waals surface area (Å²) >= 11 is 1.50. The van der Waals surface area contributed by atoms with Crippen molar-refractivity contribution in [2.45, 2.75) is 199 Å². The SMILES string of the molecule is CCCCCCCCCCCCCCSCC(COP(=O)([O-])OP(=O)([O-])OCC1OC(n2ccc(N)nc2=O)C(O)C1O)OC(=O)CCCCCCCCCCCCC.[Na+].[Na+]. The Morgan fingerprint density at radius 3 is 1.79 bits per heavy atom. The van der Waals surface area contributed by atoms with Gasteiger partial charge in [-0.2, -0.15) is 16.7 Å². The summed E-state index contributed by atoms with van der Waals surface area (Å²) in [6.07, 6.45) is 21.0. The molecule has 344 valence electrons. The Balaban J connectivity index is 0.0000180. The molecule has 61 heavy (non-hydrogen) atoms. The third-order valence-corrected chi connectivity index (χ3v) is 13.9. The van der Waals surface area contributed by atoms with Gasteiger partial charge in [0.2, 0.25) is 0 Å². The second-order valence-electron chi connectivity index (χ2n) is 15.5. The van der Waals surface area contributed by atoms with Gasteiger partial charge in [-0.05, 0) is 24.7 Å². The van der Waals surface area contributed by atoms with Crippen molar-refractivity contribution in [3.63, 3.8) is 0 Å². The number of rotatable bonds is 37. The number of unbranched alkanes of at least 4 members (excludes halogenated alkanes) is 21. The van der Waals surface area contributed by atoms with E-state index < -0.39 is 71.2 Å². The van der Waals surface area contributed by atoms with Gasteiger partial charge in [-0.25, -0.2) is 9.11 Å². The van der Waals surface area contributed by atoms with E-state index in [2.05, 4.69) is 27.7 Å². The second kappa shape index (κ2) is 36.7. The van der Waals surface area contributed by atoms with Gasteiger partial charge in [0.25, 0.3) is 15.6 Å². The van der Waals surface area contributed by atoms with Crippen molar-refractivity contribution >= 4 is 39.2 Å². The Kier molecular flexibility index (Phi) is 37.1. The number of aromatic nitrogens is 2. The molecule has 0 aliphatic carbocycles. The number of nitrogens with two attached hydrogens (primary N) is 1. The molecule has 1 saturated heterocycles. The number of aliphatic hydroxyl groups is 2. The van der Waals surface area contributed by atoms with Crippen LogP contribution < -0.4 is 80.3 Å². The normalized spacial score (nSPS) is 20.0. The molecule has 7 atom stereocenters. The van der Waals surface area contributed by atoms with Crippen molar-refractivity contribution in [2.24, 2.45) is 0 Å². The molecule has 0 bridgehead atoms. The van der Waals surface area contributed by atoms with E-state index in [0.29, 0.717) is 6.42 Å². The van der Waals surface area contributed by atoms with Gasteiger partial charge in [0.1, 0.15) is 30.2 Å². The van der Waals surface area contributed by atoms with E-state index in [1.54, 1.807) is 0 Å². The van der Waals surface area contributed by atoms with Crippen molar-refractivity contribution in [1.29, 1.82) is 0 Å². The number of nitrogens with zero attached hydrogens (tertiary/aromatic N) is 2. The smallest absolute Gasteiger partial charge is 0.756 e. The maximum Gasteiger partial charge on any atom is 1.00 e. The zero-order chi connectivity index (χ0) is 43.4. The molecule has 21 heteroatoms. The monoisotopic (exact) mass is 943 g/mol. The van der Waals surface area contributed by atoms with Crippen molar-refractivity contribution in [3.8, 4) is 0 Å². The summed E-state index contributed by atoms with van der Waals surface area (Å²) in [4.78, 5) is 53.6. The number of nitrogen functional groups attached to an aromatic ring is 1. The fourth-order valence-corrected chi connectivity index (χ4v) is 9.82. The molecule has 1 aromatic heterocycles. The van der Waals surface area contributed by atoms with Crippen LogP contribution in [0.2, 0.25) is 0 Å². The molecular weight excluding hydrogens is 870 g/mol. The minimum Gasteiger partial charge on any atom is -0.756 e. The number of ether oxygens (including phenoxy) is 2. The number of carbonyl (C=O) groups excluding carboxylic acids is 1. The average molecular weight is 944 g/mol. The largest absolute Gasteiger partial charge is 1.00 e. The summed E-state index contributed by atoms with van der Waals surface area (Å²) in [5.41, 5.74) is 4.58. The minimum absolute atomic E-state index is 0. The molecule has 0 aromatic carbocycles. The first kappa shape index (κ1) is 61.6. The molecule has 0 spiro atoms. The van der Waals surface area contributed by atoms with Crippen LogP contribution in [0, 0.1) is 0 Å². The second-order valence-corrected chi connectivity index (χ2v) is 19.6. The van der Waals surface area contributed by atoms with Crippen molar-refractivity contribution in [1.82, 2.24) is 9.55 Å². The number of anilines is 1. The molecule has 16 nitrogen and oxygen atoms in total. The third kappa shape index (κ3) is 29.1. The van der Waals surface area contributed by atoms with Crippen LogP contribution >= 0.6 is 27.4 Å². The van der Waals surface area contributed by atoms with Gasteiger partial charge in [-0.3, -0.25) is 18.5 Å². The number of hydrogen-bond donors (Lipinski definition) is 3. The predicted molar refractivity (Wildman–Crippen MR) is 226 cm³/mol. The molecule has 2 heterocycles. The van der Waals surface area contributed by atoms with Crippen molar-refractivity contribution < 1.29 is 116 Å². The van der Waals surface area contributed by atoms with E-state index in [9.17, 15) is 38.7 Å². The molecule has 1 aromatic rings. The summed E-state index contributed by atoms with van der Waals surface area (Å²) in [6.45, 7) is 2.80. The molecule has 0 saturated carbocycles. The van der Waals surface area contributed by atoms with Gasteiger partial charge in [0.05, 0.1) is 13.2 Å². The van der Waals surface area contributed by atoms with E-state index in [0.717, 1.165) is 48.8 Å². The third-order valence-electron chi connectivity index (χ3n) is 10.2. The van der Waals surface area contributed by atoms with E-state index >= 15 is 0 Å². The number of phosphoric ester groups is 2. The minimum atomic E-state index is -5.63. The molecule has 0 amide bonds. The topological polar surface area (TPSA) is 245 Å². The van der Waals surface area contributed by atoms with E-state index in [1.807, 2.05) is 0 Å². The van der Waals surface area contributed by atoms with Crippen LogP contribution in [0.4, 0.5) is 5.82 Å². The van der Waals surface area contributed by atoms with Crippen molar-refractivity contribution in [2.75, 3.05) is 30.5 Å². The molecule has 1 aliphatic heterocycles. The van der Waals surface area contributed by atoms with Crippen LogP contribution in [0.1, 0.15) is 174 Å². The maximum atomic E-state index is 12.8. The molecule has 4 N–H and O–H groups in total. The summed E-state index contributed by atoms with van der Waals surface area (Å²) in [7, 11) is -11.2. The summed E-state index contributed by atoms with van der Waals surface area (Å²) < 4.78 is 50.8. The van der Waals surface area contributed by atoms with Gasteiger partial charge < -0.3 is 44.3 Å². The Bertz CT molecular complexity index is 1440. The van der Waals surface area contributed by atoms with Crippen LogP contribution in [0.3, 0.4) is 0 Å². The number of esters is 1. The number of hydrogen-bond acceptors (Lipinski definition) is 16. The maximum absolute atomic E-state index is 12.8. The first-order chi connectivity index (χ1) is 28.3. The first-order valence-electron chi connectivity index (χ1n) is 22.0. The summed E-state index contributed by atoms with van der Waals surface area (Å²) in [6, 6.07) is 1.25. The quantitative estimate of drug-likeness (QED) is 0.0370. The molecule has 0 radical (unpaired) electrons. The number of aliphatic hydroxyl groups excluding tert-OH is 2. The average Bonchev–Trinajstić information content (AvgIpc) is 3.46. The van der Waals surface area contributed by atoms with Crippen LogP contribution in [0.15, 0.2) is 17.1 Å². The van der Waals surface area contributed by atoms with Crippen LogP contribution in [0.25, 0.3) is 0 Å². The Morgan fingerprint density at radius 2 is 1.28 bits per heavy atom. The van der Waals surface area contributed by atoms with Crippen LogP contribution in [0.5, 0.6) is 0 Å². The summed E-state index contributed by atoms with van der Waals surface area (Å²) in [5, 5.41) is 20.8. The zero-order valence-corrected chi connectivity index (χ0v) is 44.1. The Labute approximate surface area is 413 Å². The van der Waals surface area contributed by atoms with E-state index in [4.69, 9.17) is 19.7 Å². The fraction of sp³-hybridized carbons (Fsp3) is 0.875. The molecular formula is C40H73N3Na2O13P2S. The van der Waals surface area contributed by atoms with Gasteiger partial charge >= 0.3 is 70.8 Å². The zero-order valence-electron chi connectivity index (χ0n) is 37.5. The first-order valence-corrected chi connectivity index (χ1v) is 26.1. The predicted octanol–water partition coefficient (Wildman–Crippen LogP) is 1.49. The molecule has 7 unspecified atom stereocenters. The molecule has 1 fully saturated rings. The number of carbonyl (C=O) groups is 1. The van der Waals surface area contributed by atoms with Gasteiger partial charge in [0, 0.05) is 18.4 Å². The standard InChI is InChI=1S/C40H75N3O13P2S.2Na/c1-3-5-7-9-11-13-15-17-19-21-23-25-29-59-32-33(54-36(44)26-24-22-20-18-16-14-12-10-8-6-4-2)30-52-57(48,49)56-58(50,51)53-31-34-37(45)38(46)39(55-34)43-28-27-35(41)42-40(43)47;;/h27-28,33-34,37-39,45-46H,3-26,29-32H2,1-2H3,(H,48,49)(H,50,51)(H2,41,42,47);;/q;2*+1/p-2. The number of phosphoric acid groups is 2. The van der Waals surface area contributed by atoms with Gasteiger partial charge in [-0.1, -0.05) is 149 Å². The molecule has 1 aliphatic rings. The number of thioether (sulfide) groups is 1. The van der Waals surface area contributed by atoms with Crippen molar-refractivity contribution in [3.05, 3.63) is 22.7 Å². The fourth-order valence-electron chi connectivity index (χ4n) is 6.78. The van der Waals surface area contributed by atoms with Gasteiger partial charge in [0.15, 0.2) is 6.23 Å². The van der Waals surface area contributed by atoms with Crippen LogP contribution in [-0.2, 0) is 36.8 Å². The molecule has 2 rings (SSSR count). The Hall–Kier alpha value is 0.640. The van der Waals surface area contributed by atoms with Crippen LogP contribution in [-0.4, -0.2) is 74.9 Å². The van der Waals surface area contributed by atoms with E-state index in [-0.39, 0.29) is 77.1 Å².